The summed E-state index contributed by atoms with van der Waals surface area (Å²) in [5.41, 5.74) is 9.23. The van der Waals surface area contributed by atoms with E-state index in [1.807, 2.05) is 37.5 Å². The quantitative estimate of drug-likeness (QED) is 0.859. The van der Waals surface area contributed by atoms with Gasteiger partial charge in [0, 0.05) is 36.1 Å². The highest BCUT2D eigenvalue weighted by atomic mass is 14.9. The Hall–Kier alpha value is -1.94. The predicted molar refractivity (Wildman–Crippen MR) is 73.1 cm³/mol. The summed E-state index contributed by atoms with van der Waals surface area (Å²) < 4.78 is 0. The van der Waals surface area contributed by atoms with Crippen LogP contribution in [0.1, 0.15) is 22.9 Å². The molecule has 0 fully saturated rings. The maximum Gasteiger partial charge on any atom is 0.128 e. The molecule has 4 heteroatoms. The van der Waals surface area contributed by atoms with Gasteiger partial charge in [-0.05, 0) is 37.7 Å². The number of anilines is 1. The zero-order chi connectivity index (χ0) is 13.0. The lowest BCUT2D eigenvalue weighted by Crippen LogP contribution is -2.22. The highest BCUT2D eigenvalue weighted by molar-refractivity contribution is 5.46. The third kappa shape index (κ3) is 2.65. The Morgan fingerprint density at radius 3 is 2.67 bits per heavy atom. The van der Waals surface area contributed by atoms with Gasteiger partial charge in [-0.2, -0.15) is 0 Å². The van der Waals surface area contributed by atoms with E-state index in [9.17, 15) is 0 Å². The number of nitrogens with zero attached hydrogens (tertiary/aromatic N) is 2. The summed E-state index contributed by atoms with van der Waals surface area (Å²) in [5, 5.41) is 3.29. The molecule has 2 heterocycles. The van der Waals surface area contributed by atoms with Crippen LogP contribution in [0.3, 0.4) is 0 Å². The second kappa shape index (κ2) is 5.60. The van der Waals surface area contributed by atoms with Gasteiger partial charge in [-0.1, -0.05) is 6.07 Å². The Morgan fingerprint density at radius 1 is 1.22 bits per heavy atom. The average Bonchev–Trinajstić information content (AvgIpc) is 2.38. The molecule has 0 spiro atoms. The van der Waals surface area contributed by atoms with E-state index in [0.29, 0.717) is 5.82 Å². The Morgan fingerprint density at radius 2 is 2.06 bits per heavy atom. The molecule has 1 atom stereocenters. The first-order chi connectivity index (χ1) is 8.72. The summed E-state index contributed by atoms with van der Waals surface area (Å²) in [6.45, 7) is 2.05. The van der Waals surface area contributed by atoms with E-state index in [4.69, 9.17) is 5.73 Å². The largest absolute Gasteiger partial charge is 0.383 e. The van der Waals surface area contributed by atoms with E-state index in [1.165, 1.54) is 0 Å². The second-order valence-electron chi connectivity index (χ2n) is 4.29. The molecular formula is C14H18N4. The molecule has 0 amide bonds. The normalized spacial score (nSPS) is 12.3. The van der Waals surface area contributed by atoms with Crippen LogP contribution in [-0.2, 0) is 6.42 Å². The predicted octanol–water partition coefficient (Wildman–Crippen LogP) is 1.87. The van der Waals surface area contributed by atoms with Crippen LogP contribution in [0, 0.1) is 6.92 Å². The fourth-order valence-electron chi connectivity index (χ4n) is 2.12. The first-order valence-corrected chi connectivity index (χ1v) is 6.00. The van der Waals surface area contributed by atoms with Crippen molar-refractivity contribution in [1.29, 1.82) is 0 Å². The number of rotatable bonds is 4. The van der Waals surface area contributed by atoms with Crippen LogP contribution in [0.25, 0.3) is 0 Å². The van der Waals surface area contributed by atoms with Gasteiger partial charge >= 0.3 is 0 Å². The van der Waals surface area contributed by atoms with E-state index in [1.54, 1.807) is 6.20 Å². The Bertz CT molecular complexity index is 490. The first kappa shape index (κ1) is 12.5. The number of aromatic nitrogens is 2. The highest BCUT2D eigenvalue weighted by Gasteiger charge is 2.16. The van der Waals surface area contributed by atoms with Crippen molar-refractivity contribution in [3.8, 4) is 0 Å². The van der Waals surface area contributed by atoms with E-state index >= 15 is 0 Å². The van der Waals surface area contributed by atoms with E-state index in [-0.39, 0.29) is 6.04 Å². The topological polar surface area (TPSA) is 63.8 Å². The summed E-state index contributed by atoms with van der Waals surface area (Å²) >= 11 is 0. The Labute approximate surface area is 107 Å². The van der Waals surface area contributed by atoms with Gasteiger partial charge in [0.05, 0.1) is 0 Å². The van der Waals surface area contributed by atoms with Crippen molar-refractivity contribution < 1.29 is 0 Å². The molecule has 18 heavy (non-hydrogen) atoms. The van der Waals surface area contributed by atoms with Gasteiger partial charge in [0.15, 0.2) is 0 Å². The van der Waals surface area contributed by atoms with Crippen molar-refractivity contribution in [2.24, 2.45) is 0 Å². The van der Waals surface area contributed by atoms with Crippen molar-refractivity contribution in [3.63, 3.8) is 0 Å². The number of nitrogens with one attached hydrogen (secondary N) is 1. The minimum Gasteiger partial charge on any atom is -0.383 e. The molecule has 2 aromatic rings. The minimum absolute atomic E-state index is 0.133. The molecule has 0 bridgehead atoms. The van der Waals surface area contributed by atoms with Gasteiger partial charge in [-0.25, -0.2) is 4.98 Å². The fourth-order valence-corrected chi connectivity index (χ4v) is 2.12. The lowest BCUT2D eigenvalue weighted by molar-refractivity contribution is 0.581. The molecule has 0 saturated carbocycles. The molecule has 1 unspecified atom stereocenters. The van der Waals surface area contributed by atoms with Crippen LogP contribution >= 0.6 is 0 Å². The molecular weight excluding hydrogens is 224 g/mol. The van der Waals surface area contributed by atoms with Gasteiger partial charge in [0.25, 0.3) is 0 Å². The summed E-state index contributed by atoms with van der Waals surface area (Å²) in [5.74, 6) is 0.588. The number of hydrogen-bond acceptors (Lipinski definition) is 4. The number of nitrogen functional groups attached to an aromatic ring is 1. The first-order valence-electron chi connectivity index (χ1n) is 6.00. The molecule has 0 aliphatic heterocycles. The minimum atomic E-state index is 0.133. The molecule has 94 valence electrons. The number of hydrogen-bond donors (Lipinski definition) is 2. The van der Waals surface area contributed by atoms with Gasteiger partial charge < -0.3 is 11.1 Å². The molecule has 4 nitrogen and oxygen atoms in total. The molecule has 0 aliphatic rings. The van der Waals surface area contributed by atoms with Gasteiger partial charge in [-0.15, -0.1) is 0 Å². The monoisotopic (exact) mass is 242 g/mol. The summed E-state index contributed by atoms with van der Waals surface area (Å²) in [4.78, 5) is 8.52. The van der Waals surface area contributed by atoms with Gasteiger partial charge in [0.1, 0.15) is 5.82 Å². The highest BCUT2D eigenvalue weighted by Crippen LogP contribution is 2.24. The van der Waals surface area contributed by atoms with Crippen LogP contribution in [-0.4, -0.2) is 17.0 Å². The van der Waals surface area contributed by atoms with Gasteiger partial charge in [0.2, 0.25) is 0 Å². The van der Waals surface area contributed by atoms with Crippen LogP contribution < -0.4 is 11.1 Å². The molecule has 0 saturated heterocycles. The summed E-state index contributed by atoms with van der Waals surface area (Å²) in [6, 6.07) is 8.05. The number of pyridine rings is 2. The summed E-state index contributed by atoms with van der Waals surface area (Å²) in [7, 11) is 1.93. The van der Waals surface area contributed by atoms with Gasteiger partial charge in [-0.3, -0.25) is 4.98 Å². The number of aryl methyl sites for hydroxylation is 1. The van der Waals surface area contributed by atoms with Crippen molar-refractivity contribution in [2.45, 2.75) is 19.4 Å². The van der Waals surface area contributed by atoms with E-state index < -0.39 is 0 Å². The second-order valence-corrected chi connectivity index (χ2v) is 4.29. The molecule has 2 rings (SSSR count). The van der Waals surface area contributed by atoms with E-state index in [2.05, 4.69) is 22.2 Å². The Balaban J connectivity index is 2.29. The molecule has 2 aromatic heterocycles. The maximum absolute atomic E-state index is 5.98. The van der Waals surface area contributed by atoms with Crippen LogP contribution in [0.5, 0.6) is 0 Å². The zero-order valence-electron chi connectivity index (χ0n) is 10.7. The average molecular weight is 242 g/mol. The maximum atomic E-state index is 5.98. The van der Waals surface area contributed by atoms with Crippen molar-refractivity contribution >= 4 is 5.82 Å². The molecule has 0 aromatic carbocycles. The standard InChI is InChI=1S/C14H18N4/c1-10-6-8-18-14(15)13(10)12(16-2)9-11-5-3-4-7-17-11/h3-8,12,16H,9H2,1-2H3,(H2,15,18). The molecule has 3 N–H and O–H groups in total. The van der Waals surface area contributed by atoms with Crippen molar-refractivity contribution in [2.75, 3.05) is 12.8 Å². The van der Waals surface area contributed by atoms with Crippen molar-refractivity contribution in [3.05, 3.63) is 53.5 Å². The molecule has 0 radical (unpaired) electrons. The molecule has 0 aliphatic carbocycles. The third-order valence-electron chi connectivity index (χ3n) is 3.08. The van der Waals surface area contributed by atoms with E-state index in [0.717, 1.165) is 23.2 Å². The lowest BCUT2D eigenvalue weighted by atomic mass is 9.98. The number of nitrogens with two attached hydrogens (primary N) is 1. The van der Waals surface area contributed by atoms with Crippen LogP contribution in [0.2, 0.25) is 0 Å². The Kier molecular flexibility index (Phi) is 3.89. The third-order valence-corrected chi connectivity index (χ3v) is 3.08. The summed E-state index contributed by atoms with van der Waals surface area (Å²) in [6.07, 6.45) is 4.34. The van der Waals surface area contributed by atoms with Crippen LogP contribution in [0.15, 0.2) is 36.7 Å². The number of likely N-dealkylation sites (N-methyl/N-ethyl adjacent to an activating group) is 1. The fraction of sp³-hybridized carbons (Fsp3) is 0.286. The van der Waals surface area contributed by atoms with Crippen LogP contribution in [0.4, 0.5) is 5.82 Å². The SMILES string of the molecule is CNC(Cc1ccccn1)c1c(C)ccnc1N. The smallest absolute Gasteiger partial charge is 0.128 e. The zero-order valence-corrected chi connectivity index (χ0v) is 10.7. The van der Waals surface area contributed by atoms with Crippen molar-refractivity contribution in [1.82, 2.24) is 15.3 Å². The lowest BCUT2D eigenvalue weighted by Gasteiger charge is -2.19.